The molecule has 7 rings (SSSR count). The van der Waals surface area contributed by atoms with Crippen LogP contribution in [0.3, 0.4) is 0 Å². The number of carbonyl (C=O) groups is 1. The topological polar surface area (TPSA) is 87.3 Å². The Morgan fingerprint density at radius 1 is 1.07 bits per heavy atom. The number of hydrogen-bond acceptors (Lipinski definition) is 7. The molecule has 2 fully saturated rings. The highest BCUT2D eigenvalue weighted by molar-refractivity contribution is 6.30. The first-order chi connectivity index (χ1) is 21.4. The largest absolute Gasteiger partial charge is 0.473 e. The van der Waals surface area contributed by atoms with Crippen molar-refractivity contribution in [3.8, 4) is 5.88 Å². The molecule has 0 N–H and O–H groups in total. The van der Waals surface area contributed by atoms with E-state index in [0.717, 1.165) is 47.9 Å². The number of aryl methyl sites for hydroxylation is 1. The maximum atomic E-state index is 14.2. The van der Waals surface area contributed by atoms with Gasteiger partial charge in [-0.15, -0.1) is 0 Å². The van der Waals surface area contributed by atoms with E-state index in [9.17, 15) is 9.18 Å². The van der Waals surface area contributed by atoms with Crippen molar-refractivity contribution in [3.05, 3.63) is 106 Å². The molecular weight excluding hydrogens is 583 g/mol. The Hall–Kier alpha value is -4.28. The number of likely N-dealkylation sites (tertiary alicyclic amines) is 1. The third-order valence-corrected chi connectivity index (χ3v) is 9.05. The average molecular weight is 615 g/mol. The molecule has 1 saturated carbocycles. The summed E-state index contributed by atoms with van der Waals surface area (Å²) < 4.78 is 29.3. The lowest BCUT2D eigenvalue weighted by molar-refractivity contribution is 0.0601. The molecule has 0 spiro atoms. The number of benzene rings is 2. The fourth-order valence-electron chi connectivity index (χ4n) is 6.51. The van der Waals surface area contributed by atoms with Crippen LogP contribution in [0.15, 0.2) is 67.1 Å². The van der Waals surface area contributed by atoms with Gasteiger partial charge in [0.1, 0.15) is 18.2 Å². The average Bonchev–Trinajstić information content (AvgIpc) is 3.35. The second-order valence-corrected chi connectivity index (χ2v) is 11.9. The van der Waals surface area contributed by atoms with E-state index in [2.05, 4.69) is 32.0 Å². The molecule has 2 atom stereocenters. The molecule has 2 aromatic carbocycles. The maximum absolute atomic E-state index is 14.2. The van der Waals surface area contributed by atoms with Gasteiger partial charge < -0.3 is 18.6 Å². The molecule has 3 aromatic heterocycles. The van der Waals surface area contributed by atoms with Crippen LogP contribution in [0.5, 0.6) is 5.88 Å². The summed E-state index contributed by atoms with van der Waals surface area (Å²) in [5.74, 6) is 2.08. The summed E-state index contributed by atoms with van der Waals surface area (Å²) in [6.45, 7) is 6.20. The molecule has 0 bridgehead atoms. The molecule has 1 aliphatic carbocycles. The lowest BCUT2D eigenvalue weighted by atomic mass is 10.1. The predicted molar refractivity (Wildman–Crippen MR) is 163 cm³/mol. The van der Waals surface area contributed by atoms with Gasteiger partial charge in [-0.05, 0) is 55.2 Å². The molecule has 2 aliphatic rings. The summed E-state index contributed by atoms with van der Waals surface area (Å²) in [7, 11) is 1.39. The first-order valence-corrected chi connectivity index (χ1v) is 15.1. The highest BCUT2D eigenvalue weighted by atomic mass is 35.5. The van der Waals surface area contributed by atoms with Crippen molar-refractivity contribution in [2.45, 2.75) is 39.1 Å². The highest BCUT2D eigenvalue weighted by Gasteiger charge is 2.57. The summed E-state index contributed by atoms with van der Waals surface area (Å²) in [4.78, 5) is 28.9. The van der Waals surface area contributed by atoms with Gasteiger partial charge in [0, 0.05) is 54.1 Å². The quantitative estimate of drug-likeness (QED) is 0.187. The third kappa shape index (κ3) is 5.44. The van der Waals surface area contributed by atoms with Crippen molar-refractivity contribution in [1.29, 1.82) is 0 Å². The first kappa shape index (κ1) is 28.5. The van der Waals surface area contributed by atoms with Crippen LogP contribution in [0.25, 0.3) is 11.0 Å². The van der Waals surface area contributed by atoms with E-state index >= 15 is 0 Å². The van der Waals surface area contributed by atoms with Gasteiger partial charge in [-0.25, -0.2) is 24.1 Å². The predicted octanol–water partition coefficient (Wildman–Crippen LogP) is 5.70. The molecule has 1 aliphatic heterocycles. The van der Waals surface area contributed by atoms with Crippen molar-refractivity contribution in [1.82, 2.24) is 29.0 Å². The van der Waals surface area contributed by atoms with Crippen LogP contribution in [0.2, 0.25) is 5.02 Å². The number of esters is 1. The number of nitrogens with zero attached hydrogens (tertiary/aromatic N) is 6. The van der Waals surface area contributed by atoms with Crippen molar-refractivity contribution >= 4 is 28.6 Å². The van der Waals surface area contributed by atoms with Crippen LogP contribution in [0.1, 0.15) is 46.0 Å². The normalized spacial score (nSPS) is 19.3. The molecule has 2 unspecified atom stereocenters. The monoisotopic (exact) mass is 614 g/mol. The van der Waals surface area contributed by atoms with E-state index in [4.69, 9.17) is 31.0 Å². The minimum Gasteiger partial charge on any atom is -0.473 e. The molecule has 4 heterocycles. The number of methoxy groups -OCH3 is 1. The summed E-state index contributed by atoms with van der Waals surface area (Å²) >= 11 is 5.87. The molecule has 0 radical (unpaired) electrons. The van der Waals surface area contributed by atoms with E-state index in [1.54, 1.807) is 18.2 Å². The summed E-state index contributed by atoms with van der Waals surface area (Å²) in [6.07, 6.45) is 3.72. The zero-order valence-corrected chi connectivity index (χ0v) is 25.2. The fraction of sp³-hybridized carbons (Fsp3) is 0.333. The Balaban J connectivity index is 1.05. The SMILES string of the molecule is CCn1cncc1Cn1c(CN2CC3C(C2)C3c2cccc(OCc3ccc(Cl)cc3F)n2)nc2ccc(C(=O)OC)cc21. The lowest BCUT2D eigenvalue weighted by Crippen LogP contribution is -2.26. The lowest BCUT2D eigenvalue weighted by Gasteiger charge is -2.20. The number of ether oxygens (including phenoxy) is 2. The van der Waals surface area contributed by atoms with Crippen LogP contribution >= 0.6 is 11.6 Å². The number of carbonyl (C=O) groups excluding carboxylic acids is 1. The Morgan fingerprint density at radius 3 is 2.68 bits per heavy atom. The molecular formula is C33H32ClFN6O3. The van der Waals surface area contributed by atoms with E-state index in [-0.39, 0.29) is 18.4 Å². The number of rotatable bonds is 10. The summed E-state index contributed by atoms with van der Waals surface area (Å²) in [5.41, 5.74) is 4.77. The second-order valence-electron chi connectivity index (χ2n) is 11.5. The Labute approximate surface area is 259 Å². The van der Waals surface area contributed by atoms with Crippen molar-refractivity contribution in [2.75, 3.05) is 20.2 Å². The van der Waals surface area contributed by atoms with E-state index in [0.29, 0.717) is 52.9 Å². The zero-order valence-electron chi connectivity index (χ0n) is 24.5. The standard InChI is InChI=1S/C33H32ClFN6O3/c1-3-40-19-36-13-23(40)14-41-29-11-20(33(42)43-2)8-10-27(29)37-30(41)17-39-15-24-25(16-39)32(24)28-5-4-6-31(38-28)44-18-21-7-9-22(34)12-26(21)35/h4-13,19,24-25,32H,3,14-18H2,1-2H3. The van der Waals surface area contributed by atoms with E-state index in [1.807, 2.05) is 36.8 Å². The van der Waals surface area contributed by atoms with Crippen LogP contribution in [0, 0.1) is 17.7 Å². The zero-order chi connectivity index (χ0) is 30.4. The number of halogens is 2. The number of fused-ring (bicyclic) bond motifs is 2. The van der Waals surface area contributed by atoms with Gasteiger partial charge in [-0.3, -0.25) is 4.90 Å². The van der Waals surface area contributed by atoms with Gasteiger partial charge in [0.05, 0.1) is 48.8 Å². The van der Waals surface area contributed by atoms with Gasteiger partial charge in [0.15, 0.2) is 0 Å². The van der Waals surface area contributed by atoms with Crippen LogP contribution < -0.4 is 4.74 Å². The Morgan fingerprint density at radius 2 is 1.91 bits per heavy atom. The van der Waals surface area contributed by atoms with Gasteiger partial charge in [-0.2, -0.15) is 0 Å². The summed E-state index contributed by atoms with van der Waals surface area (Å²) in [6, 6.07) is 15.9. The molecule has 44 heavy (non-hydrogen) atoms. The molecule has 226 valence electrons. The molecule has 5 aromatic rings. The molecule has 9 nitrogen and oxygen atoms in total. The van der Waals surface area contributed by atoms with Crippen molar-refractivity contribution in [3.63, 3.8) is 0 Å². The molecule has 1 saturated heterocycles. The summed E-state index contributed by atoms with van der Waals surface area (Å²) in [5, 5.41) is 0.356. The minimum absolute atomic E-state index is 0.0892. The van der Waals surface area contributed by atoms with Gasteiger partial charge in [-0.1, -0.05) is 23.7 Å². The highest BCUT2D eigenvalue weighted by Crippen LogP contribution is 2.58. The first-order valence-electron chi connectivity index (χ1n) is 14.7. The third-order valence-electron chi connectivity index (χ3n) is 8.82. The van der Waals surface area contributed by atoms with Gasteiger partial charge in [0.2, 0.25) is 5.88 Å². The number of imidazole rings is 2. The minimum atomic E-state index is -0.390. The second kappa shape index (κ2) is 11.7. The molecule has 0 amide bonds. The Bertz CT molecular complexity index is 1840. The smallest absolute Gasteiger partial charge is 0.337 e. The number of hydrogen-bond donors (Lipinski definition) is 0. The van der Waals surface area contributed by atoms with Crippen LogP contribution in [0.4, 0.5) is 4.39 Å². The van der Waals surface area contributed by atoms with E-state index < -0.39 is 0 Å². The molecule has 11 heteroatoms. The number of piperidine rings is 1. The number of pyridine rings is 1. The number of aromatic nitrogens is 5. The Kier molecular flexibility index (Phi) is 7.55. The van der Waals surface area contributed by atoms with E-state index in [1.165, 1.54) is 13.2 Å². The van der Waals surface area contributed by atoms with Crippen LogP contribution in [-0.2, 0) is 31.0 Å². The maximum Gasteiger partial charge on any atom is 0.337 e. The van der Waals surface area contributed by atoms with Gasteiger partial charge >= 0.3 is 5.97 Å². The van der Waals surface area contributed by atoms with Gasteiger partial charge in [0.25, 0.3) is 0 Å². The fourth-order valence-corrected chi connectivity index (χ4v) is 6.67. The van der Waals surface area contributed by atoms with Crippen molar-refractivity contribution in [2.24, 2.45) is 11.8 Å². The van der Waals surface area contributed by atoms with Crippen molar-refractivity contribution < 1.29 is 18.7 Å². The van der Waals surface area contributed by atoms with Crippen LogP contribution in [-0.4, -0.2) is 55.2 Å².